The van der Waals surface area contributed by atoms with Gasteiger partial charge < -0.3 is 15.8 Å². The fourth-order valence-electron chi connectivity index (χ4n) is 1.00. The molecule has 12 heavy (non-hydrogen) atoms. The van der Waals surface area contributed by atoms with Crippen LogP contribution in [-0.2, 0) is 9.84 Å². The number of nitrogens with zero attached hydrogens (tertiary/aromatic N) is 2. The highest BCUT2D eigenvalue weighted by Crippen LogP contribution is 2.02. The third-order valence-electron chi connectivity index (χ3n) is 1.77. The van der Waals surface area contributed by atoms with Gasteiger partial charge in [0.25, 0.3) is 0 Å². The van der Waals surface area contributed by atoms with E-state index in [2.05, 4.69) is 5.16 Å². The lowest BCUT2D eigenvalue weighted by Gasteiger charge is -2.26. The second kappa shape index (κ2) is 3.18. The first-order valence-corrected chi connectivity index (χ1v) is 5.30. The molecular formula is C5H11N3O3S. The molecule has 3 N–H and O–H groups in total. The van der Waals surface area contributed by atoms with Gasteiger partial charge in [-0.25, -0.2) is 8.42 Å². The van der Waals surface area contributed by atoms with E-state index in [0.29, 0.717) is 13.1 Å². The highest BCUT2D eigenvalue weighted by atomic mass is 32.2. The molecule has 0 aliphatic carbocycles. The Hall–Kier alpha value is -0.980. The lowest BCUT2D eigenvalue weighted by Crippen LogP contribution is -2.47. The van der Waals surface area contributed by atoms with Crippen LogP contribution in [0.5, 0.6) is 0 Å². The number of hydrogen-bond donors (Lipinski definition) is 2. The van der Waals surface area contributed by atoms with Crippen molar-refractivity contribution in [2.45, 2.75) is 0 Å². The molecule has 0 amide bonds. The van der Waals surface area contributed by atoms with Crippen molar-refractivity contribution in [3.63, 3.8) is 0 Å². The quantitative estimate of drug-likeness (QED) is 0.209. The van der Waals surface area contributed by atoms with Crippen molar-refractivity contribution in [2.24, 2.45) is 10.9 Å². The smallest absolute Gasteiger partial charge is 0.233 e. The van der Waals surface area contributed by atoms with Crippen LogP contribution in [0.4, 0.5) is 0 Å². The van der Waals surface area contributed by atoms with E-state index in [1.54, 1.807) is 0 Å². The first-order valence-electron chi connectivity index (χ1n) is 3.48. The third kappa shape index (κ3) is 2.00. The predicted molar refractivity (Wildman–Crippen MR) is 43.6 cm³/mol. The molecule has 0 bridgehead atoms. The van der Waals surface area contributed by atoms with E-state index in [0.717, 1.165) is 0 Å². The molecular weight excluding hydrogens is 182 g/mol. The zero-order chi connectivity index (χ0) is 9.19. The molecule has 1 rings (SSSR count). The van der Waals surface area contributed by atoms with Gasteiger partial charge in [-0.05, 0) is 0 Å². The Labute approximate surface area is 70.6 Å². The SMILES string of the molecule is N/C(=N\O)N1CCS(=O)(=O)CC1. The molecule has 1 aliphatic rings. The molecule has 0 aromatic carbocycles. The molecule has 0 saturated carbocycles. The van der Waals surface area contributed by atoms with Crippen molar-refractivity contribution in [1.82, 2.24) is 4.90 Å². The minimum atomic E-state index is -2.89. The molecule has 7 heteroatoms. The Kier molecular flexibility index (Phi) is 2.41. The molecule has 0 unspecified atom stereocenters. The number of sulfone groups is 1. The van der Waals surface area contributed by atoms with Crippen LogP contribution in [0.3, 0.4) is 0 Å². The lowest BCUT2D eigenvalue weighted by atomic mass is 10.5. The van der Waals surface area contributed by atoms with E-state index in [9.17, 15) is 8.42 Å². The summed E-state index contributed by atoms with van der Waals surface area (Å²) >= 11 is 0. The van der Waals surface area contributed by atoms with Gasteiger partial charge in [0.05, 0.1) is 11.5 Å². The van der Waals surface area contributed by atoms with Crippen molar-refractivity contribution in [2.75, 3.05) is 24.6 Å². The average Bonchev–Trinajstić information content (AvgIpc) is 2.03. The number of guanidine groups is 1. The van der Waals surface area contributed by atoms with Gasteiger partial charge >= 0.3 is 0 Å². The van der Waals surface area contributed by atoms with Gasteiger partial charge in [-0.2, -0.15) is 0 Å². The summed E-state index contributed by atoms with van der Waals surface area (Å²) < 4.78 is 21.9. The first kappa shape index (κ1) is 9.11. The maximum atomic E-state index is 10.9. The second-order valence-electron chi connectivity index (χ2n) is 2.60. The molecule has 0 atom stereocenters. The second-order valence-corrected chi connectivity index (χ2v) is 4.90. The molecule has 6 nitrogen and oxygen atoms in total. The summed E-state index contributed by atoms with van der Waals surface area (Å²) in [4.78, 5) is 1.53. The summed E-state index contributed by atoms with van der Waals surface area (Å²) in [6.07, 6.45) is 0. The van der Waals surface area contributed by atoms with Gasteiger partial charge in [0, 0.05) is 13.1 Å². The number of hydrogen-bond acceptors (Lipinski definition) is 4. The van der Waals surface area contributed by atoms with Gasteiger partial charge in [-0.15, -0.1) is 0 Å². The van der Waals surface area contributed by atoms with Crippen LogP contribution in [0.1, 0.15) is 0 Å². The van der Waals surface area contributed by atoms with Gasteiger partial charge in [-0.3, -0.25) is 0 Å². The monoisotopic (exact) mass is 193 g/mol. The summed E-state index contributed by atoms with van der Waals surface area (Å²) in [5, 5.41) is 11.1. The van der Waals surface area contributed by atoms with Gasteiger partial charge in [0.2, 0.25) is 5.96 Å². The number of rotatable bonds is 0. The van der Waals surface area contributed by atoms with Crippen molar-refractivity contribution in [3.05, 3.63) is 0 Å². The largest absolute Gasteiger partial charge is 0.408 e. The van der Waals surface area contributed by atoms with E-state index < -0.39 is 9.84 Å². The topological polar surface area (TPSA) is 96.0 Å². The summed E-state index contributed by atoms with van der Waals surface area (Å²) in [6.45, 7) is 0.608. The lowest BCUT2D eigenvalue weighted by molar-refractivity contribution is 0.300. The standard InChI is InChI=1S/C5H11N3O3S/c6-5(7-9)8-1-3-12(10,11)4-2-8/h9H,1-4H2,(H2,6,7). The summed E-state index contributed by atoms with van der Waals surface area (Å²) in [5.41, 5.74) is 5.27. The minimum Gasteiger partial charge on any atom is -0.408 e. The Morgan fingerprint density at radius 3 is 2.33 bits per heavy atom. The molecule has 1 heterocycles. The summed E-state index contributed by atoms with van der Waals surface area (Å²) in [6, 6.07) is 0. The normalized spacial score (nSPS) is 24.0. The number of nitrogens with two attached hydrogens (primary N) is 1. The zero-order valence-electron chi connectivity index (χ0n) is 6.47. The van der Waals surface area contributed by atoms with Crippen LogP contribution in [0.25, 0.3) is 0 Å². The summed E-state index contributed by atoms with van der Waals surface area (Å²) in [5.74, 6) is 0.122. The Morgan fingerprint density at radius 2 is 1.92 bits per heavy atom. The van der Waals surface area contributed by atoms with E-state index >= 15 is 0 Å². The highest BCUT2D eigenvalue weighted by molar-refractivity contribution is 7.91. The Bertz CT molecular complexity index is 270. The molecule has 1 aliphatic heterocycles. The van der Waals surface area contributed by atoms with Crippen LogP contribution in [0.2, 0.25) is 0 Å². The van der Waals surface area contributed by atoms with Gasteiger partial charge in [0.15, 0.2) is 9.84 Å². The molecule has 70 valence electrons. The van der Waals surface area contributed by atoms with E-state index in [-0.39, 0.29) is 17.5 Å². The molecule has 0 spiro atoms. The Balaban J connectivity index is 2.58. The van der Waals surface area contributed by atoms with Crippen LogP contribution >= 0.6 is 0 Å². The van der Waals surface area contributed by atoms with Crippen LogP contribution in [0.15, 0.2) is 5.16 Å². The van der Waals surface area contributed by atoms with Crippen LogP contribution in [0, 0.1) is 0 Å². The Morgan fingerprint density at radius 1 is 1.42 bits per heavy atom. The molecule has 0 radical (unpaired) electrons. The third-order valence-corrected chi connectivity index (χ3v) is 3.38. The van der Waals surface area contributed by atoms with E-state index in [1.165, 1.54) is 4.90 Å². The van der Waals surface area contributed by atoms with E-state index in [1.807, 2.05) is 0 Å². The minimum absolute atomic E-state index is 0.0232. The predicted octanol–water partition coefficient (Wildman–Crippen LogP) is -1.58. The van der Waals surface area contributed by atoms with Crippen molar-refractivity contribution in [1.29, 1.82) is 0 Å². The average molecular weight is 193 g/mol. The molecule has 0 aromatic rings. The van der Waals surface area contributed by atoms with Crippen LogP contribution in [-0.4, -0.2) is 49.1 Å². The van der Waals surface area contributed by atoms with Gasteiger partial charge in [0.1, 0.15) is 0 Å². The van der Waals surface area contributed by atoms with Gasteiger partial charge in [-0.1, -0.05) is 5.16 Å². The highest BCUT2D eigenvalue weighted by Gasteiger charge is 2.22. The zero-order valence-corrected chi connectivity index (χ0v) is 7.29. The van der Waals surface area contributed by atoms with Crippen molar-refractivity contribution < 1.29 is 13.6 Å². The number of oxime groups is 1. The fourth-order valence-corrected chi connectivity index (χ4v) is 2.21. The molecule has 0 aromatic heterocycles. The molecule has 1 fully saturated rings. The van der Waals surface area contributed by atoms with E-state index in [4.69, 9.17) is 10.9 Å². The maximum absolute atomic E-state index is 10.9. The summed E-state index contributed by atoms with van der Waals surface area (Å²) in [7, 11) is -2.89. The van der Waals surface area contributed by atoms with Crippen molar-refractivity contribution >= 4 is 15.8 Å². The maximum Gasteiger partial charge on any atom is 0.233 e. The first-order chi connectivity index (χ1) is 5.55. The van der Waals surface area contributed by atoms with Crippen molar-refractivity contribution in [3.8, 4) is 0 Å². The van der Waals surface area contributed by atoms with Crippen LogP contribution < -0.4 is 5.73 Å². The molecule has 1 saturated heterocycles. The fraction of sp³-hybridized carbons (Fsp3) is 0.800.